The first kappa shape index (κ1) is 17.6. The maximum atomic E-state index is 12.2. The number of nitrogens with one attached hydrogen (secondary N) is 2. The fourth-order valence-electron chi connectivity index (χ4n) is 2.63. The van der Waals surface area contributed by atoms with E-state index in [0.29, 0.717) is 37.9 Å². The molecule has 136 valence electrons. The van der Waals surface area contributed by atoms with E-state index in [9.17, 15) is 9.59 Å². The summed E-state index contributed by atoms with van der Waals surface area (Å²) in [5.41, 5.74) is 0.812. The first-order valence-corrected chi connectivity index (χ1v) is 8.40. The van der Waals surface area contributed by atoms with E-state index in [4.69, 9.17) is 0 Å². The largest absolute Gasteiger partial charge is 0.337 e. The zero-order valence-electron chi connectivity index (χ0n) is 14.6. The van der Waals surface area contributed by atoms with Crippen molar-refractivity contribution in [2.24, 2.45) is 0 Å². The minimum absolute atomic E-state index is 0.101. The lowest BCUT2D eigenvalue weighted by Gasteiger charge is -2.34. The van der Waals surface area contributed by atoms with Gasteiger partial charge in [-0.15, -0.1) is 0 Å². The summed E-state index contributed by atoms with van der Waals surface area (Å²) in [5, 5.41) is 5.30. The molecule has 9 heteroatoms. The zero-order valence-corrected chi connectivity index (χ0v) is 14.6. The van der Waals surface area contributed by atoms with E-state index in [-0.39, 0.29) is 18.5 Å². The number of anilines is 2. The molecule has 0 spiro atoms. The fourth-order valence-corrected chi connectivity index (χ4v) is 2.63. The van der Waals surface area contributed by atoms with Gasteiger partial charge in [0, 0.05) is 44.3 Å². The van der Waals surface area contributed by atoms with E-state index in [1.165, 1.54) is 0 Å². The highest BCUT2D eigenvalue weighted by Gasteiger charge is 2.22. The second kappa shape index (κ2) is 8.24. The van der Waals surface area contributed by atoms with Crippen LogP contribution < -0.4 is 15.5 Å². The number of pyridine rings is 1. The number of amides is 3. The van der Waals surface area contributed by atoms with Gasteiger partial charge in [-0.3, -0.25) is 4.79 Å². The summed E-state index contributed by atoms with van der Waals surface area (Å²) in [5.74, 6) is 0.825. The molecule has 2 aromatic heterocycles. The van der Waals surface area contributed by atoms with Gasteiger partial charge in [0.2, 0.25) is 11.9 Å². The number of hydrogen-bond acceptors (Lipinski definition) is 6. The average molecular weight is 355 g/mol. The highest BCUT2D eigenvalue weighted by Crippen LogP contribution is 2.09. The Bertz CT molecular complexity index is 761. The Morgan fingerprint density at radius 2 is 1.81 bits per heavy atom. The van der Waals surface area contributed by atoms with E-state index in [0.717, 1.165) is 5.69 Å². The Hall–Kier alpha value is -3.23. The summed E-state index contributed by atoms with van der Waals surface area (Å²) in [7, 11) is 0. The summed E-state index contributed by atoms with van der Waals surface area (Å²) in [6, 6.07) is 6.87. The third-order valence-electron chi connectivity index (χ3n) is 3.96. The van der Waals surface area contributed by atoms with Gasteiger partial charge < -0.3 is 20.4 Å². The molecular weight excluding hydrogens is 334 g/mol. The minimum Gasteiger partial charge on any atom is -0.337 e. The monoisotopic (exact) mass is 355 g/mol. The Balaban J connectivity index is 1.42. The van der Waals surface area contributed by atoms with Crippen LogP contribution in [0.25, 0.3) is 0 Å². The molecule has 9 nitrogen and oxygen atoms in total. The second-order valence-corrected chi connectivity index (χ2v) is 5.89. The molecule has 2 aromatic rings. The van der Waals surface area contributed by atoms with Crippen molar-refractivity contribution in [3.05, 3.63) is 42.4 Å². The van der Waals surface area contributed by atoms with Crippen molar-refractivity contribution in [2.75, 3.05) is 42.9 Å². The van der Waals surface area contributed by atoms with E-state index in [1.54, 1.807) is 29.4 Å². The van der Waals surface area contributed by atoms with Crippen LogP contribution in [0.4, 0.5) is 16.6 Å². The molecule has 3 heterocycles. The van der Waals surface area contributed by atoms with Crippen molar-refractivity contribution in [1.82, 2.24) is 25.2 Å². The van der Waals surface area contributed by atoms with Crippen LogP contribution in [-0.2, 0) is 4.79 Å². The highest BCUT2D eigenvalue weighted by atomic mass is 16.2. The predicted octanol–water partition coefficient (Wildman–Crippen LogP) is 0.650. The Kier molecular flexibility index (Phi) is 5.57. The SMILES string of the molecule is Cc1cccc(NC(=O)CNC(=O)N2CCN(c3ncccn3)CC2)n1. The van der Waals surface area contributed by atoms with Crippen LogP contribution >= 0.6 is 0 Å². The van der Waals surface area contributed by atoms with Crippen LogP contribution in [0, 0.1) is 6.92 Å². The number of aromatic nitrogens is 3. The molecule has 1 fully saturated rings. The molecule has 0 saturated carbocycles. The van der Waals surface area contributed by atoms with Gasteiger partial charge in [-0.2, -0.15) is 0 Å². The maximum Gasteiger partial charge on any atom is 0.317 e. The third kappa shape index (κ3) is 4.65. The Labute approximate surface area is 151 Å². The standard InChI is InChI=1S/C17H21N7O2/c1-13-4-2-5-14(21-13)22-15(25)12-20-17(26)24-10-8-23(9-11-24)16-18-6-3-7-19-16/h2-7H,8-12H2,1H3,(H,20,26)(H,21,22,25). The van der Waals surface area contributed by atoms with Crippen LogP contribution in [-0.4, -0.2) is 64.5 Å². The topological polar surface area (TPSA) is 103 Å². The average Bonchev–Trinajstić information content (AvgIpc) is 2.67. The van der Waals surface area contributed by atoms with E-state index < -0.39 is 0 Å². The van der Waals surface area contributed by atoms with E-state index >= 15 is 0 Å². The van der Waals surface area contributed by atoms with Crippen molar-refractivity contribution in [3.63, 3.8) is 0 Å². The molecular formula is C17H21N7O2. The van der Waals surface area contributed by atoms with Gasteiger partial charge in [-0.25, -0.2) is 19.7 Å². The molecule has 2 N–H and O–H groups in total. The number of aryl methyl sites for hydroxylation is 1. The van der Waals surface area contributed by atoms with Gasteiger partial charge in [-0.1, -0.05) is 6.07 Å². The van der Waals surface area contributed by atoms with Crippen LogP contribution in [0.5, 0.6) is 0 Å². The van der Waals surface area contributed by atoms with Gasteiger partial charge in [0.1, 0.15) is 5.82 Å². The second-order valence-electron chi connectivity index (χ2n) is 5.89. The number of carbonyl (C=O) groups excluding carboxylic acids is 2. The van der Waals surface area contributed by atoms with Crippen LogP contribution in [0.3, 0.4) is 0 Å². The highest BCUT2D eigenvalue weighted by molar-refractivity contribution is 5.93. The lowest BCUT2D eigenvalue weighted by Crippen LogP contribution is -2.53. The van der Waals surface area contributed by atoms with Gasteiger partial charge in [0.15, 0.2) is 0 Å². The normalized spacial score (nSPS) is 14.0. The summed E-state index contributed by atoms with van der Waals surface area (Å²) in [6.07, 6.45) is 3.40. The van der Waals surface area contributed by atoms with Crippen LogP contribution in [0.1, 0.15) is 5.69 Å². The molecule has 0 unspecified atom stereocenters. The van der Waals surface area contributed by atoms with Gasteiger partial charge in [0.05, 0.1) is 6.54 Å². The molecule has 1 saturated heterocycles. The van der Waals surface area contributed by atoms with E-state index in [2.05, 4.69) is 25.6 Å². The van der Waals surface area contributed by atoms with Crippen LogP contribution in [0.15, 0.2) is 36.7 Å². The number of rotatable bonds is 4. The lowest BCUT2D eigenvalue weighted by molar-refractivity contribution is -0.115. The molecule has 1 aliphatic rings. The molecule has 0 radical (unpaired) electrons. The van der Waals surface area contributed by atoms with Crippen LogP contribution in [0.2, 0.25) is 0 Å². The molecule has 0 bridgehead atoms. The van der Waals surface area contributed by atoms with Gasteiger partial charge in [-0.05, 0) is 25.1 Å². The van der Waals surface area contributed by atoms with Crippen molar-refractivity contribution < 1.29 is 9.59 Å². The first-order chi connectivity index (χ1) is 12.6. The summed E-state index contributed by atoms with van der Waals surface area (Å²) in [6.45, 7) is 4.14. The van der Waals surface area contributed by atoms with Gasteiger partial charge in [0.25, 0.3) is 0 Å². The fraction of sp³-hybridized carbons (Fsp3) is 0.353. The number of piperazine rings is 1. The quantitative estimate of drug-likeness (QED) is 0.835. The predicted molar refractivity (Wildman–Crippen MR) is 96.8 cm³/mol. The number of hydrogen-bond donors (Lipinski definition) is 2. The molecule has 3 rings (SSSR count). The molecule has 3 amide bonds. The number of nitrogens with zero attached hydrogens (tertiary/aromatic N) is 5. The Morgan fingerprint density at radius 3 is 2.50 bits per heavy atom. The third-order valence-corrected chi connectivity index (χ3v) is 3.96. The van der Waals surface area contributed by atoms with Gasteiger partial charge >= 0.3 is 6.03 Å². The smallest absolute Gasteiger partial charge is 0.317 e. The Morgan fingerprint density at radius 1 is 1.08 bits per heavy atom. The maximum absolute atomic E-state index is 12.2. The van der Waals surface area contributed by atoms with Crippen molar-refractivity contribution in [3.8, 4) is 0 Å². The number of carbonyl (C=O) groups is 2. The van der Waals surface area contributed by atoms with E-state index in [1.807, 2.05) is 24.0 Å². The zero-order chi connectivity index (χ0) is 18.4. The summed E-state index contributed by atoms with van der Waals surface area (Å²) in [4.78, 5) is 40.5. The van der Waals surface area contributed by atoms with Crippen molar-refractivity contribution in [2.45, 2.75) is 6.92 Å². The molecule has 26 heavy (non-hydrogen) atoms. The number of urea groups is 1. The lowest BCUT2D eigenvalue weighted by atomic mass is 10.3. The molecule has 1 aliphatic heterocycles. The first-order valence-electron chi connectivity index (χ1n) is 8.40. The van der Waals surface area contributed by atoms with Crippen molar-refractivity contribution >= 4 is 23.7 Å². The molecule has 0 aromatic carbocycles. The molecule has 0 aliphatic carbocycles. The minimum atomic E-state index is -0.312. The van der Waals surface area contributed by atoms with Crippen molar-refractivity contribution in [1.29, 1.82) is 0 Å². The summed E-state index contributed by atoms with van der Waals surface area (Å²) < 4.78 is 0. The molecule has 0 atom stereocenters. The summed E-state index contributed by atoms with van der Waals surface area (Å²) >= 11 is 0.